The van der Waals surface area contributed by atoms with Gasteiger partial charge in [0.25, 0.3) is 10.0 Å². The average Bonchev–Trinajstić information content (AvgIpc) is 2.95. The zero-order chi connectivity index (χ0) is 22.1. The summed E-state index contributed by atoms with van der Waals surface area (Å²) in [6.07, 6.45) is -1.05. The summed E-state index contributed by atoms with van der Waals surface area (Å²) >= 11 is 0. The Balaban J connectivity index is 1.64. The summed E-state index contributed by atoms with van der Waals surface area (Å²) in [5.74, 6) is 0.705. The van der Waals surface area contributed by atoms with E-state index in [1.165, 1.54) is 18.2 Å². The van der Waals surface area contributed by atoms with E-state index in [-0.39, 0.29) is 5.69 Å². The Bertz CT molecular complexity index is 1190. The molecule has 0 atom stereocenters. The van der Waals surface area contributed by atoms with Gasteiger partial charge in [0, 0.05) is 24.2 Å². The number of ether oxygens (including phenoxy) is 1. The number of benzene rings is 2. The number of aromatic nitrogens is 3. The Morgan fingerprint density at radius 3 is 2.61 bits per heavy atom. The molecule has 0 unspecified atom stereocenters. The van der Waals surface area contributed by atoms with Crippen molar-refractivity contribution in [3.8, 4) is 17.1 Å². The number of aryl methyl sites for hydroxylation is 1. The number of anilines is 1. The first-order valence-electron chi connectivity index (χ1n) is 9.63. The van der Waals surface area contributed by atoms with Gasteiger partial charge in [-0.05, 0) is 37.1 Å². The van der Waals surface area contributed by atoms with Gasteiger partial charge in [-0.1, -0.05) is 30.7 Å². The summed E-state index contributed by atoms with van der Waals surface area (Å²) in [6, 6.07) is 11.1. The molecule has 0 fully saturated rings. The lowest BCUT2D eigenvalue weighted by Gasteiger charge is -2.15. The normalized spacial score (nSPS) is 14.5. The molecule has 0 radical (unpaired) electrons. The minimum atomic E-state index is -5.02. The van der Waals surface area contributed by atoms with Crippen molar-refractivity contribution in [2.24, 2.45) is 0 Å². The van der Waals surface area contributed by atoms with Crippen molar-refractivity contribution in [1.29, 1.82) is 0 Å². The van der Waals surface area contributed by atoms with E-state index in [0.29, 0.717) is 11.4 Å². The third-order valence-electron chi connectivity index (χ3n) is 4.85. The summed E-state index contributed by atoms with van der Waals surface area (Å²) < 4.78 is 71.8. The van der Waals surface area contributed by atoms with Gasteiger partial charge in [-0.15, -0.1) is 23.4 Å². The highest BCUT2D eigenvalue weighted by atomic mass is 32.2. The molecule has 1 aliphatic heterocycles. The zero-order valence-electron chi connectivity index (χ0n) is 16.3. The molecule has 4 rings (SSSR count). The first-order valence-corrected chi connectivity index (χ1v) is 11.1. The van der Waals surface area contributed by atoms with Crippen molar-refractivity contribution < 1.29 is 26.3 Å². The molecule has 3 aromatic rings. The van der Waals surface area contributed by atoms with Gasteiger partial charge in [0.15, 0.2) is 5.82 Å². The number of nitrogens with one attached hydrogen (secondary N) is 1. The summed E-state index contributed by atoms with van der Waals surface area (Å²) in [5.41, 5.74) is 0.839. The van der Waals surface area contributed by atoms with Gasteiger partial charge in [0.2, 0.25) is 0 Å². The molecule has 0 aliphatic carbocycles. The molecule has 0 saturated heterocycles. The van der Waals surface area contributed by atoms with E-state index in [2.05, 4.69) is 19.7 Å². The Hall–Kier alpha value is -3.08. The second-order valence-corrected chi connectivity index (χ2v) is 8.73. The van der Waals surface area contributed by atoms with E-state index < -0.39 is 27.0 Å². The van der Waals surface area contributed by atoms with Crippen LogP contribution in [0.3, 0.4) is 0 Å². The van der Waals surface area contributed by atoms with Crippen LogP contribution in [0.1, 0.15) is 25.1 Å². The van der Waals surface area contributed by atoms with Gasteiger partial charge in [-0.25, -0.2) is 8.42 Å². The van der Waals surface area contributed by atoms with Gasteiger partial charge >= 0.3 is 6.36 Å². The molecule has 164 valence electrons. The molecular weight excluding hydrogens is 433 g/mol. The first kappa shape index (κ1) is 21.2. The Morgan fingerprint density at radius 1 is 1.00 bits per heavy atom. The second-order valence-electron chi connectivity index (χ2n) is 7.08. The van der Waals surface area contributed by atoms with E-state index >= 15 is 0 Å². The van der Waals surface area contributed by atoms with Crippen molar-refractivity contribution >= 4 is 15.7 Å². The van der Waals surface area contributed by atoms with E-state index in [9.17, 15) is 21.6 Å². The van der Waals surface area contributed by atoms with Crippen LogP contribution in [0.2, 0.25) is 0 Å². The highest BCUT2D eigenvalue weighted by Crippen LogP contribution is 2.31. The number of hydrogen-bond acceptors (Lipinski definition) is 5. The van der Waals surface area contributed by atoms with Gasteiger partial charge in [0.05, 0.1) is 0 Å². The van der Waals surface area contributed by atoms with Crippen LogP contribution < -0.4 is 9.46 Å². The molecule has 1 aromatic heterocycles. The fraction of sp³-hybridized carbons (Fsp3) is 0.300. The van der Waals surface area contributed by atoms with E-state index in [0.717, 1.165) is 50.2 Å². The number of sulfonamides is 1. The highest BCUT2D eigenvalue weighted by Gasteiger charge is 2.34. The third-order valence-corrected chi connectivity index (χ3v) is 6.27. The lowest BCUT2D eigenvalue weighted by atomic mass is 10.2. The van der Waals surface area contributed by atoms with E-state index in [4.69, 9.17) is 0 Å². The van der Waals surface area contributed by atoms with Crippen LogP contribution in [-0.2, 0) is 23.0 Å². The van der Waals surface area contributed by atoms with E-state index in [1.54, 1.807) is 18.2 Å². The largest absolute Gasteiger partial charge is 0.573 e. The van der Waals surface area contributed by atoms with Crippen LogP contribution in [0.25, 0.3) is 11.4 Å². The summed E-state index contributed by atoms with van der Waals surface area (Å²) in [5, 5.41) is 8.49. The average molecular weight is 452 g/mol. The maximum Gasteiger partial charge on any atom is 0.573 e. The molecule has 2 aromatic carbocycles. The lowest BCUT2D eigenvalue weighted by molar-refractivity contribution is -0.275. The molecule has 31 heavy (non-hydrogen) atoms. The molecule has 0 amide bonds. The van der Waals surface area contributed by atoms with Crippen LogP contribution >= 0.6 is 0 Å². The molecule has 1 aliphatic rings. The Kier molecular flexibility index (Phi) is 5.61. The topological polar surface area (TPSA) is 86.1 Å². The van der Waals surface area contributed by atoms with Crippen molar-refractivity contribution in [2.45, 2.75) is 43.5 Å². The maximum absolute atomic E-state index is 12.8. The predicted octanol–water partition coefficient (Wildman–Crippen LogP) is 4.37. The molecule has 0 spiro atoms. The van der Waals surface area contributed by atoms with Crippen LogP contribution in [0.5, 0.6) is 5.75 Å². The molecule has 0 saturated carbocycles. The van der Waals surface area contributed by atoms with Crippen molar-refractivity contribution in [1.82, 2.24) is 14.8 Å². The minimum absolute atomic E-state index is 0.185. The standard InChI is InChI=1S/C20H19F3N4O3S/c21-20(22,23)30-16-9-3-4-10-17(16)31(28,29)26-15-8-6-7-14(13-15)19-25-24-18-11-2-1-5-12-27(18)19/h3-4,6-10,13,26H,1-2,5,11-12H2. The van der Waals surface area contributed by atoms with Crippen LogP contribution in [0, 0.1) is 0 Å². The van der Waals surface area contributed by atoms with Crippen LogP contribution in [0.15, 0.2) is 53.4 Å². The number of alkyl halides is 3. The molecule has 0 bridgehead atoms. The fourth-order valence-corrected chi connectivity index (χ4v) is 4.69. The summed E-state index contributed by atoms with van der Waals surface area (Å²) in [7, 11) is -4.34. The Labute approximate surface area is 176 Å². The molecule has 2 heterocycles. The molecule has 7 nitrogen and oxygen atoms in total. The third kappa shape index (κ3) is 4.82. The lowest BCUT2D eigenvalue weighted by Crippen LogP contribution is -2.20. The minimum Gasteiger partial charge on any atom is -0.404 e. The van der Waals surface area contributed by atoms with Gasteiger partial charge in [-0.3, -0.25) is 4.72 Å². The first-order chi connectivity index (χ1) is 14.7. The van der Waals surface area contributed by atoms with Gasteiger partial charge in [0.1, 0.15) is 16.5 Å². The van der Waals surface area contributed by atoms with Crippen LogP contribution in [0.4, 0.5) is 18.9 Å². The number of halogens is 3. The monoisotopic (exact) mass is 452 g/mol. The smallest absolute Gasteiger partial charge is 0.404 e. The van der Waals surface area contributed by atoms with Crippen molar-refractivity contribution in [3.05, 3.63) is 54.4 Å². The molecular formula is C20H19F3N4O3S. The number of nitrogens with zero attached hydrogens (tertiary/aromatic N) is 3. The molecule has 1 N–H and O–H groups in total. The Morgan fingerprint density at radius 2 is 1.81 bits per heavy atom. The molecule has 11 heteroatoms. The van der Waals surface area contributed by atoms with Crippen molar-refractivity contribution in [2.75, 3.05) is 4.72 Å². The second kappa shape index (κ2) is 8.22. The summed E-state index contributed by atoms with van der Waals surface area (Å²) in [6.45, 7) is 0.774. The maximum atomic E-state index is 12.8. The zero-order valence-corrected chi connectivity index (χ0v) is 17.1. The number of fused-ring (bicyclic) bond motifs is 1. The number of rotatable bonds is 5. The van der Waals surface area contributed by atoms with Gasteiger partial charge < -0.3 is 9.30 Å². The van der Waals surface area contributed by atoms with E-state index in [1.807, 2.05) is 4.57 Å². The van der Waals surface area contributed by atoms with Crippen LogP contribution in [-0.4, -0.2) is 29.5 Å². The van der Waals surface area contributed by atoms with Gasteiger partial charge in [-0.2, -0.15) is 0 Å². The predicted molar refractivity (Wildman–Crippen MR) is 107 cm³/mol. The fourth-order valence-electron chi connectivity index (χ4n) is 3.51. The number of para-hydroxylation sites is 1. The summed E-state index contributed by atoms with van der Waals surface area (Å²) in [4.78, 5) is -0.617. The SMILES string of the molecule is O=S(=O)(Nc1cccc(-c2nnc3n2CCCCC3)c1)c1ccccc1OC(F)(F)F. The highest BCUT2D eigenvalue weighted by molar-refractivity contribution is 7.92. The van der Waals surface area contributed by atoms with Crippen molar-refractivity contribution in [3.63, 3.8) is 0 Å². The number of hydrogen-bond donors (Lipinski definition) is 1. The quantitative estimate of drug-likeness (QED) is 0.621.